The second-order valence-corrected chi connectivity index (χ2v) is 6.24. The van der Waals surface area contributed by atoms with E-state index in [1.54, 1.807) is 6.92 Å². The minimum atomic E-state index is -3.82. The Morgan fingerprint density at radius 1 is 1.45 bits per heavy atom. The van der Waals surface area contributed by atoms with Crippen LogP contribution in [0.2, 0.25) is 5.02 Å². The van der Waals surface area contributed by atoms with E-state index in [1.165, 1.54) is 7.11 Å². The minimum absolute atomic E-state index is 0.0134. The van der Waals surface area contributed by atoms with Crippen LogP contribution in [0.15, 0.2) is 23.1 Å². The highest BCUT2D eigenvalue weighted by Gasteiger charge is 2.24. The Labute approximate surface area is 122 Å². The molecule has 1 aromatic carbocycles. The van der Waals surface area contributed by atoms with Gasteiger partial charge in [-0.15, -0.1) is 0 Å². The van der Waals surface area contributed by atoms with Crippen molar-refractivity contribution in [3.63, 3.8) is 0 Å². The Kier molecular flexibility index (Phi) is 5.91. The molecular weight excluding hydrogens is 309 g/mol. The normalized spacial score (nSPS) is 11.7. The van der Waals surface area contributed by atoms with Crippen molar-refractivity contribution in [2.45, 2.75) is 18.2 Å². The highest BCUT2D eigenvalue weighted by atomic mass is 35.5. The van der Waals surface area contributed by atoms with E-state index in [2.05, 4.69) is 4.74 Å². The molecule has 0 N–H and O–H groups in total. The van der Waals surface area contributed by atoms with Gasteiger partial charge in [0.15, 0.2) is 0 Å². The smallest absolute Gasteiger partial charge is 0.306 e. The predicted molar refractivity (Wildman–Crippen MR) is 72.5 cm³/mol. The second kappa shape index (κ2) is 7.01. The largest absolute Gasteiger partial charge is 0.469 e. The van der Waals surface area contributed by atoms with Crippen LogP contribution in [0.25, 0.3) is 0 Å². The summed E-state index contributed by atoms with van der Waals surface area (Å²) in [6.07, 6.45) is -0.0570. The molecule has 0 aliphatic heterocycles. The summed E-state index contributed by atoms with van der Waals surface area (Å²) >= 11 is 5.59. The van der Waals surface area contributed by atoms with Gasteiger partial charge in [0.05, 0.1) is 23.4 Å². The lowest BCUT2D eigenvalue weighted by molar-refractivity contribution is -0.140. The van der Waals surface area contributed by atoms with E-state index in [9.17, 15) is 17.6 Å². The van der Waals surface area contributed by atoms with Gasteiger partial charge in [0, 0.05) is 13.1 Å². The molecule has 0 radical (unpaired) electrons. The number of halogens is 2. The molecule has 0 atom stereocenters. The van der Waals surface area contributed by atoms with Crippen LogP contribution in [0.3, 0.4) is 0 Å². The van der Waals surface area contributed by atoms with E-state index >= 15 is 0 Å². The number of ether oxygens (including phenoxy) is 1. The molecule has 0 unspecified atom stereocenters. The summed E-state index contributed by atoms with van der Waals surface area (Å²) in [7, 11) is -2.59. The van der Waals surface area contributed by atoms with Crippen LogP contribution < -0.4 is 0 Å². The fourth-order valence-electron chi connectivity index (χ4n) is 1.55. The maximum Gasteiger partial charge on any atom is 0.306 e. The molecule has 20 heavy (non-hydrogen) atoms. The number of benzene rings is 1. The number of rotatable bonds is 6. The molecule has 1 aromatic rings. The van der Waals surface area contributed by atoms with Crippen molar-refractivity contribution in [1.82, 2.24) is 4.31 Å². The Morgan fingerprint density at radius 3 is 2.60 bits per heavy atom. The van der Waals surface area contributed by atoms with E-state index in [4.69, 9.17) is 11.6 Å². The number of esters is 1. The number of carbonyl (C=O) groups is 1. The molecule has 0 aliphatic rings. The fraction of sp³-hybridized carbons (Fsp3) is 0.417. The lowest BCUT2D eigenvalue weighted by Gasteiger charge is -2.20. The molecule has 1 rings (SSSR count). The summed E-state index contributed by atoms with van der Waals surface area (Å²) in [5.74, 6) is -1.20. The molecule has 0 bridgehead atoms. The topological polar surface area (TPSA) is 63.7 Å². The lowest BCUT2D eigenvalue weighted by atomic mass is 10.3. The second-order valence-electron chi connectivity index (χ2n) is 3.90. The lowest BCUT2D eigenvalue weighted by Crippen LogP contribution is -2.33. The van der Waals surface area contributed by atoms with Crippen LogP contribution >= 0.6 is 11.6 Å². The molecule has 0 spiro atoms. The van der Waals surface area contributed by atoms with Crippen molar-refractivity contribution < 1.29 is 22.3 Å². The number of carbonyl (C=O) groups excluding carboxylic acids is 1. The van der Waals surface area contributed by atoms with Gasteiger partial charge in [0.25, 0.3) is 0 Å². The Morgan fingerprint density at radius 2 is 2.10 bits per heavy atom. The fourth-order valence-corrected chi connectivity index (χ4v) is 3.27. The van der Waals surface area contributed by atoms with Gasteiger partial charge in [-0.3, -0.25) is 4.79 Å². The molecule has 0 amide bonds. The summed E-state index contributed by atoms with van der Waals surface area (Å²) in [5.41, 5.74) is 0. The Balaban J connectivity index is 2.99. The zero-order chi connectivity index (χ0) is 15.3. The summed E-state index contributed by atoms with van der Waals surface area (Å²) in [6.45, 7) is 1.80. The van der Waals surface area contributed by atoms with Gasteiger partial charge < -0.3 is 4.74 Å². The summed E-state index contributed by atoms with van der Waals surface area (Å²) in [6, 6.07) is 3.17. The van der Waals surface area contributed by atoms with Gasteiger partial charge in [-0.05, 0) is 18.2 Å². The number of hydrogen-bond acceptors (Lipinski definition) is 4. The standard InChI is InChI=1S/C12H15ClFNO4S/c1-3-15(7-6-12(16)19-2)20(17,18)9-4-5-11(14)10(13)8-9/h4-5,8H,3,6-7H2,1-2H3. The predicted octanol–water partition coefficient (Wildman–Crippen LogP) is 2.05. The average Bonchev–Trinajstić information content (AvgIpc) is 2.41. The van der Waals surface area contributed by atoms with Crippen LogP contribution in [-0.2, 0) is 19.6 Å². The third-order valence-corrected chi connectivity index (χ3v) is 4.93. The zero-order valence-electron chi connectivity index (χ0n) is 11.1. The Bertz CT molecular complexity index is 591. The molecule has 0 fully saturated rings. The van der Waals surface area contributed by atoms with E-state index < -0.39 is 21.8 Å². The summed E-state index contributed by atoms with van der Waals surface area (Å²) < 4.78 is 43.3. The van der Waals surface area contributed by atoms with E-state index in [0.29, 0.717) is 0 Å². The van der Waals surface area contributed by atoms with Crippen molar-refractivity contribution in [2.75, 3.05) is 20.2 Å². The van der Waals surface area contributed by atoms with Crippen LogP contribution in [0.4, 0.5) is 4.39 Å². The summed E-state index contributed by atoms with van der Waals surface area (Å²) in [5, 5.41) is -0.268. The first kappa shape index (κ1) is 16.9. The van der Waals surface area contributed by atoms with Crippen LogP contribution in [-0.4, -0.2) is 38.9 Å². The molecule has 112 valence electrons. The van der Waals surface area contributed by atoms with Gasteiger partial charge in [-0.1, -0.05) is 18.5 Å². The van der Waals surface area contributed by atoms with Crippen LogP contribution in [0.5, 0.6) is 0 Å². The SMILES string of the molecule is CCN(CCC(=O)OC)S(=O)(=O)c1ccc(F)c(Cl)c1. The summed E-state index contributed by atoms with van der Waals surface area (Å²) in [4.78, 5) is 11.0. The molecule has 5 nitrogen and oxygen atoms in total. The van der Waals surface area contributed by atoms with Crippen molar-refractivity contribution in [3.05, 3.63) is 29.0 Å². The maximum absolute atomic E-state index is 13.1. The van der Waals surface area contributed by atoms with E-state index in [0.717, 1.165) is 22.5 Å². The number of sulfonamides is 1. The van der Waals surface area contributed by atoms with Crippen molar-refractivity contribution in [2.24, 2.45) is 0 Å². The average molecular weight is 324 g/mol. The first-order chi connectivity index (χ1) is 9.32. The first-order valence-electron chi connectivity index (χ1n) is 5.85. The van der Waals surface area contributed by atoms with Gasteiger partial charge in [0.1, 0.15) is 5.82 Å². The van der Waals surface area contributed by atoms with Gasteiger partial charge >= 0.3 is 5.97 Å². The number of nitrogens with zero attached hydrogens (tertiary/aromatic N) is 1. The Hall–Kier alpha value is -1.18. The monoisotopic (exact) mass is 323 g/mol. The minimum Gasteiger partial charge on any atom is -0.469 e. The van der Waals surface area contributed by atoms with Crippen molar-refractivity contribution >= 4 is 27.6 Å². The highest BCUT2D eigenvalue weighted by molar-refractivity contribution is 7.89. The van der Waals surface area contributed by atoms with Crippen LogP contribution in [0, 0.1) is 5.82 Å². The first-order valence-corrected chi connectivity index (χ1v) is 7.66. The van der Waals surface area contributed by atoms with Gasteiger partial charge in [-0.25, -0.2) is 12.8 Å². The molecule has 8 heteroatoms. The molecule has 0 aromatic heterocycles. The highest BCUT2D eigenvalue weighted by Crippen LogP contribution is 2.22. The van der Waals surface area contributed by atoms with Gasteiger partial charge in [-0.2, -0.15) is 4.31 Å². The van der Waals surface area contributed by atoms with Gasteiger partial charge in [0.2, 0.25) is 10.0 Å². The quantitative estimate of drug-likeness (QED) is 0.752. The molecule has 0 saturated carbocycles. The van der Waals surface area contributed by atoms with E-state index in [1.807, 2.05) is 0 Å². The molecule has 0 heterocycles. The maximum atomic E-state index is 13.1. The van der Waals surface area contributed by atoms with Crippen molar-refractivity contribution in [1.29, 1.82) is 0 Å². The third-order valence-electron chi connectivity index (χ3n) is 2.67. The zero-order valence-corrected chi connectivity index (χ0v) is 12.7. The number of methoxy groups -OCH3 is 1. The third kappa shape index (κ3) is 3.91. The van der Waals surface area contributed by atoms with Crippen LogP contribution in [0.1, 0.15) is 13.3 Å². The van der Waals surface area contributed by atoms with Crippen molar-refractivity contribution in [3.8, 4) is 0 Å². The van der Waals surface area contributed by atoms with E-state index in [-0.39, 0.29) is 29.4 Å². The number of hydrogen-bond donors (Lipinski definition) is 0. The molecule has 0 saturated heterocycles. The molecular formula is C12H15ClFNO4S. The molecule has 0 aliphatic carbocycles.